The van der Waals surface area contributed by atoms with E-state index in [4.69, 9.17) is 6.57 Å². The normalized spacial score (nSPS) is 10.7. The Balaban J connectivity index is 2.16. The largest absolute Gasteiger partial charge is 0.477 e. The molecule has 0 aliphatic heterocycles. The molecule has 1 N–H and O–H groups in total. The Labute approximate surface area is 160 Å². The molecule has 0 saturated heterocycles. The second-order valence-corrected chi connectivity index (χ2v) is 7.51. The quantitative estimate of drug-likeness (QED) is 0.438. The van der Waals surface area contributed by atoms with Crippen molar-refractivity contribution in [1.29, 1.82) is 0 Å². The van der Waals surface area contributed by atoms with E-state index in [1.807, 2.05) is 31.2 Å². The van der Waals surface area contributed by atoms with Crippen LogP contribution in [-0.2, 0) is 13.5 Å². The van der Waals surface area contributed by atoms with Crippen molar-refractivity contribution in [2.75, 3.05) is 6.26 Å². The molecule has 0 radical (unpaired) electrons. The van der Waals surface area contributed by atoms with Crippen LogP contribution in [0.5, 0.6) is 0 Å². The smallest absolute Gasteiger partial charge is 0.351 e. The molecule has 0 aliphatic carbocycles. The van der Waals surface area contributed by atoms with Crippen LogP contribution in [-0.4, -0.2) is 21.9 Å². The number of aromatic nitrogens is 1. The van der Waals surface area contributed by atoms with Crippen LogP contribution in [0, 0.1) is 6.57 Å². The molecule has 4 nitrogen and oxygen atoms in total. The van der Waals surface area contributed by atoms with Gasteiger partial charge in [0.15, 0.2) is 0 Å². The van der Waals surface area contributed by atoms with E-state index in [0.717, 1.165) is 16.8 Å². The van der Waals surface area contributed by atoms with Gasteiger partial charge in [0.1, 0.15) is 5.69 Å². The molecule has 26 heavy (non-hydrogen) atoms. The first-order chi connectivity index (χ1) is 12.5. The fraction of sp³-hybridized carbons (Fsp3) is 0.200. The minimum absolute atomic E-state index is 0.168. The van der Waals surface area contributed by atoms with E-state index < -0.39 is 5.97 Å². The SMILES string of the molecule is [C-]#[N+]c1c(-c2ccc(-c3sccc3SC)cc2)c(C(=O)O)n(C)c1CC. The minimum atomic E-state index is -1.01. The molecule has 0 amide bonds. The van der Waals surface area contributed by atoms with E-state index in [1.165, 1.54) is 9.77 Å². The number of carboxylic acids is 1. The summed E-state index contributed by atoms with van der Waals surface area (Å²) in [6, 6.07) is 9.92. The zero-order valence-corrected chi connectivity index (χ0v) is 16.4. The summed E-state index contributed by atoms with van der Waals surface area (Å²) in [4.78, 5) is 17.9. The van der Waals surface area contributed by atoms with Gasteiger partial charge in [0.2, 0.25) is 5.69 Å². The fourth-order valence-corrected chi connectivity index (χ4v) is 5.01. The summed E-state index contributed by atoms with van der Waals surface area (Å²) in [5, 5.41) is 11.8. The summed E-state index contributed by atoms with van der Waals surface area (Å²) >= 11 is 3.39. The van der Waals surface area contributed by atoms with E-state index >= 15 is 0 Å². The van der Waals surface area contributed by atoms with Gasteiger partial charge in [-0.05, 0) is 35.2 Å². The molecule has 0 unspecified atom stereocenters. The number of thiophene rings is 1. The third kappa shape index (κ3) is 2.94. The molecule has 3 aromatic rings. The topological polar surface area (TPSA) is 46.6 Å². The number of benzene rings is 1. The van der Waals surface area contributed by atoms with Crippen LogP contribution in [0.15, 0.2) is 40.6 Å². The van der Waals surface area contributed by atoms with Crippen LogP contribution in [0.25, 0.3) is 26.4 Å². The number of carboxylic acid groups (broad SMARTS) is 1. The Kier molecular flexibility index (Phi) is 5.21. The zero-order chi connectivity index (χ0) is 18.8. The number of carbonyl (C=O) groups is 1. The Bertz CT molecular complexity index is 1010. The summed E-state index contributed by atoms with van der Waals surface area (Å²) in [5.41, 5.74) is 3.72. The predicted octanol–water partition coefficient (Wildman–Crippen LogP) is 5.95. The van der Waals surface area contributed by atoms with E-state index in [0.29, 0.717) is 17.7 Å². The predicted molar refractivity (Wildman–Crippen MR) is 109 cm³/mol. The second kappa shape index (κ2) is 7.40. The molecule has 6 heteroatoms. The number of thioether (sulfide) groups is 1. The maximum atomic E-state index is 11.8. The van der Waals surface area contributed by atoms with Crippen LogP contribution < -0.4 is 0 Å². The molecule has 0 atom stereocenters. The molecular weight excluding hydrogens is 364 g/mol. The van der Waals surface area contributed by atoms with Crippen molar-refractivity contribution in [2.45, 2.75) is 18.2 Å². The summed E-state index contributed by atoms with van der Waals surface area (Å²) in [7, 11) is 1.71. The van der Waals surface area contributed by atoms with E-state index in [2.05, 4.69) is 22.5 Å². The van der Waals surface area contributed by atoms with Crippen LogP contribution in [0.1, 0.15) is 23.1 Å². The summed E-state index contributed by atoms with van der Waals surface area (Å²) < 4.78 is 1.63. The van der Waals surface area contributed by atoms with E-state index in [9.17, 15) is 9.90 Å². The molecule has 2 heterocycles. The Morgan fingerprint density at radius 3 is 2.46 bits per heavy atom. The van der Waals surface area contributed by atoms with Gasteiger partial charge in [-0.25, -0.2) is 9.64 Å². The number of aromatic carboxylic acids is 1. The molecule has 0 bridgehead atoms. The Morgan fingerprint density at radius 2 is 1.92 bits per heavy atom. The number of hydrogen-bond donors (Lipinski definition) is 1. The van der Waals surface area contributed by atoms with Crippen LogP contribution in [0.2, 0.25) is 0 Å². The third-order valence-electron chi connectivity index (χ3n) is 4.42. The first-order valence-corrected chi connectivity index (χ1v) is 10.2. The lowest BCUT2D eigenvalue weighted by molar-refractivity contribution is 0.0687. The Morgan fingerprint density at radius 1 is 1.27 bits per heavy atom. The highest BCUT2D eigenvalue weighted by Gasteiger charge is 2.25. The highest BCUT2D eigenvalue weighted by Crippen LogP contribution is 2.41. The second-order valence-electron chi connectivity index (χ2n) is 5.74. The van der Waals surface area contributed by atoms with Gasteiger partial charge in [0.25, 0.3) is 0 Å². The maximum absolute atomic E-state index is 11.8. The van der Waals surface area contributed by atoms with Crippen LogP contribution >= 0.6 is 23.1 Å². The Hall–Kier alpha value is -2.49. The van der Waals surface area contributed by atoms with Gasteiger partial charge in [0.05, 0.1) is 6.57 Å². The van der Waals surface area contributed by atoms with Crippen molar-refractivity contribution in [1.82, 2.24) is 4.57 Å². The average molecular weight is 383 g/mol. The van der Waals surface area contributed by atoms with Gasteiger partial charge >= 0.3 is 5.97 Å². The van der Waals surface area contributed by atoms with Crippen molar-refractivity contribution in [3.8, 4) is 21.6 Å². The molecule has 0 saturated carbocycles. The van der Waals surface area contributed by atoms with Crippen molar-refractivity contribution in [3.05, 3.63) is 58.5 Å². The first-order valence-electron chi connectivity index (χ1n) is 8.08. The van der Waals surface area contributed by atoms with Crippen molar-refractivity contribution < 1.29 is 9.90 Å². The van der Waals surface area contributed by atoms with Gasteiger partial charge < -0.3 is 9.67 Å². The van der Waals surface area contributed by atoms with Gasteiger partial charge in [-0.3, -0.25) is 0 Å². The first kappa shape index (κ1) is 18.3. The molecule has 0 aliphatic rings. The fourth-order valence-electron chi connectivity index (χ4n) is 3.22. The standard InChI is InChI=1S/C20H18N2O2S2/c1-5-14-17(21-2)16(18(20(23)24)22(14)3)12-6-8-13(9-7-12)19-15(25-4)10-11-26-19/h6-11H,5H2,1,3-4H3,(H,23,24). The highest BCUT2D eigenvalue weighted by molar-refractivity contribution is 7.98. The van der Waals surface area contributed by atoms with E-state index in [1.54, 1.807) is 34.7 Å². The lowest BCUT2D eigenvalue weighted by atomic mass is 10.0. The molecular formula is C20H18N2O2S2. The number of nitrogens with zero attached hydrogens (tertiary/aromatic N) is 2. The van der Waals surface area contributed by atoms with Gasteiger partial charge in [0, 0.05) is 28.1 Å². The summed E-state index contributed by atoms with van der Waals surface area (Å²) in [5.74, 6) is -1.01. The van der Waals surface area contributed by atoms with Crippen LogP contribution in [0.3, 0.4) is 0 Å². The number of hydrogen-bond acceptors (Lipinski definition) is 3. The highest BCUT2D eigenvalue weighted by atomic mass is 32.2. The molecule has 132 valence electrons. The lowest BCUT2D eigenvalue weighted by Crippen LogP contribution is -2.07. The minimum Gasteiger partial charge on any atom is -0.477 e. The molecule has 0 spiro atoms. The number of rotatable bonds is 5. The van der Waals surface area contributed by atoms with Gasteiger partial charge in [-0.15, -0.1) is 23.1 Å². The van der Waals surface area contributed by atoms with Crippen LogP contribution in [0.4, 0.5) is 5.69 Å². The monoisotopic (exact) mass is 382 g/mol. The summed E-state index contributed by atoms with van der Waals surface area (Å²) in [6.07, 6.45) is 2.66. The van der Waals surface area contributed by atoms with Gasteiger partial charge in [-0.2, -0.15) is 0 Å². The average Bonchev–Trinajstić information content (AvgIpc) is 3.23. The lowest BCUT2D eigenvalue weighted by Gasteiger charge is -2.07. The van der Waals surface area contributed by atoms with Gasteiger partial charge in [-0.1, -0.05) is 31.2 Å². The van der Waals surface area contributed by atoms with Crippen molar-refractivity contribution in [3.63, 3.8) is 0 Å². The third-order valence-corrected chi connectivity index (χ3v) is 6.29. The van der Waals surface area contributed by atoms with Crippen molar-refractivity contribution in [2.24, 2.45) is 7.05 Å². The maximum Gasteiger partial charge on any atom is 0.351 e. The zero-order valence-electron chi connectivity index (χ0n) is 14.7. The van der Waals surface area contributed by atoms with E-state index in [-0.39, 0.29) is 5.69 Å². The van der Waals surface area contributed by atoms with Crippen molar-refractivity contribution >= 4 is 34.8 Å². The molecule has 3 rings (SSSR count). The molecule has 1 aromatic carbocycles. The molecule has 2 aromatic heterocycles. The molecule has 0 fully saturated rings. The summed E-state index contributed by atoms with van der Waals surface area (Å²) in [6.45, 7) is 9.49.